The second-order valence-electron chi connectivity index (χ2n) is 7.45. The fourth-order valence-corrected chi connectivity index (χ4v) is 3.32. The fourth-order valence-electron chi connectivity index (χ4n) is 3.04. The van der Waals surface area contributed by atoms with E-state index >= 15 is 0 Å². The van der Waals surface area contributed by atoms with Crippen molar-refractivity contribution in [3.05, 3.63) is 59.4 Å². The van der Waals surface area contributed by atoms with Gasteiger partial charge in [0.25, 0.3) is 11.8 Å². The van der Waals surface area contributed by atoms with Gasteiger partial charge in [0.05, 0.1) is 5.69 Å². The van der Waals surface area contributed by atoms with Gasteiger partial charge in [-0.25, -0.2) is 0 Å². The van der Waals surface area contributed by atoms with Crippen molar-refractivity contribution in [2.45, 2.75) is 39.7 Å². The van der Waals surface area contributed by atoms with Crippen molar-refractivity contribution in [1.29, 1.82) is 0 Å². The number of carbonyl (C=O) groups is 2. The minimum absolute atomic E-state index is 0.0624. The van der Waals surface area contributed by atoms with Crippen molar-refractivity contribution in [1.82, 2.24) is 9.88 Å². The Balaban J connectivity index is 2.01. The van der Waals surface area contributed by atoms with Crippen LogP contribution in [0.3, 0.4) is 0 Å². The number of thiocarbonyl (C=S) groups is 1. The van der Waals surface area contributed by atoms with Crippen molar-refractivity contribution < 1.29 is 9.59 Å². The van der Waals surface area contributed by atoms with E-state index in [9.17, 15) is 9.59 Å². The van der Waals surface area contributed by atoms with Gasteiger partial charge in [-0.2, -0.15) is 0 Å². The molecular formula is C21H23N3O2S. The Morgan fingerprint density at radius 2 is 1.78 bits per heavy atom. The molecule has 6 heteroatoms. The fraction of sp³-hybridized carbons (Fsp3) is 0.286. The minimum Gasteiger partial charge on any atom is -0.343 e. The number of hydrogen-bond donors (Lipinski definition) is 1. The molecule has 0 bridgehead atoms. The molecule has 1 aromatic carbocycles. The second kappa shape index (κ2) is 7.12. The molecule has 2 aromatic rings. The van der Waals surface area contributed by atoms with Crippen molar-refractivity contribution >= 4 is 40.9 Å². The van der Waals surface area contributed by atoms with Crippen LogP contribution in [0.4, 0.5) is 5.69 Å². The molecule has 1 aromatic heterocycles. The van der Waals surface area contributed by atoms with Crippen molar-refractivity contribution in [3.63, 3.8) is 0 Å². The zero-order chi connectivity index (χ0) is 19.8. The summed E-state index contributed by atoms with van der Waals surface area (Å²) in [5.74, 6) is -0.900. The lowest BCUT2D eigenvalue weighted by Crippen LogP contribution is -2.54. The van der Waals surface area contributed by atoms with Crippen LogP contribution in [-0.2, 0) is 21.5 Å². The van der Waals surface area contributed by atoms with E-state index in [0.29, 0.717) is 5.69 Å². The quantitative estimate of drug-likeness (QED) is 0.502. The predicted octanol–water partition coefficient (Wildman–Crippen LogP) is 3.64. The van der Waals surface area contributed by atoms with Crippen LogP contribution in [0, 0.1) is 0 Å². The van der Waals surface area contributed by atoms with Crippen LogP contribution < -0.4 is 10.2 Å². The van der Waals surface area contributed by atoms with Crippen molar-refractivity contribution in [2.24, 2.45) is 0 Å². The standard InChI is InChI=1S/C21H23N3O2S/c1-5-14-8-10-15(11-9-14)24-19(26)17(18(25)22-20(24)27)13-16-7-6-12-23(16)21(2,3)4/h6-13H,5H2,1-4H3,(H,22,25,27)/b17-13-. The summed E-state index contributed by atoms with van der Waals surface area (Å²) in [6.45, 7) is 8.26. The molecule has 1 aliphatic rings. The Kier molecular flexibility index (Phi) is 5.02. The Bertz CT molecular complexity index is 933. The van der Waals surface area contributed by atoms with Gasteiger partial charge in [-0.1, -0.05) is 19.1 Å². The van der Waals surface area contributed by atoms with E-state index in [2.05, 4.69) is 33.0 Å². The first-order chi connectivity index (χ1) is 12.7. The smallest absolute Gasteiger partial charge is 0.270 e. The normalized spacial score (nSPS) is 16.8. The molecule has 1 N–H and O–H groups in total. The number of amides is 2. The molecular weight excluding hydrogens is 358 g/mol. The molecule has 0 saturated carbocycles. The largest absolute Gasteiger partial charge is 0.343 e. The summed E-state index contributed by atoms with van der Waals surface area (Å²) in [7, 11) is 0. The van der Waals surface area contributed by atoms with E-state index in [4.69, 9.17) is 12.2 Å². The number of aryl methyl sites for hydroxylation is 1. The third-order valence-corrected chi connectivity index (χ3v) is 4.78. The van der Waals surface area contributed by atoms with Crippen molar-refractivity contribution in [2.75, 3.05) is 4.90 Å². The zero-order valence-corrected chi connectivity index (χ0v) is 16.8. The maximum atomic E-state index is 13.1. The number of aromatic nitrogens is 1. The lowest BCUT2D eigenvalue weighted by Gasteiger charge is -2.29. The Morgan fingerprint density at radius 1 is 1.11 bits per heavy atom. The van der Waals surface area contributed by atoms with E-state index in [1.165, 1.54) is 4.90 Å². The summed E-state index contributed by atoms with van der Waals surface area (Å²) in [5, 5.41) is 2.72. The molecule has 1 aliphatic heterocycles. The summed E-state index contributed by atoms with van der Waals surface area (Å²) < 4.78 is 2.02. The monoisotopic (exact) mass is 381 g/mol. The van der Waals surface area contributed by atoms with Crippen LogP contribution in [-0.4, -0.2) is 21.5 Å². The van der Waals surface area contributed by atoms with Crippen molar-refractivity contribution in [3.8, 4) is 0 Å². The maximum absolute atomic E-state index is 13.1. The third-order valence-electron chi connectivity index (χ3n) is 4.50. The zero-order valence-electron chi connectivity index (χ0n) is 15.9. The van der Waals surface area contributed by atoms with Gasteiger partial charge in [0.2, 0.25) is 0 Å². The molecule has 0 unspecified atom stereocenters. The molecule has 3 rings (SSSR count). The van der Waals surface area contributed by atoms with Gasteiger partial charge in [-0.15, -0.1) is 0 Å². The maximum Gasteiger partial charge on any atom is 0.270 e. The first-order valence-electron chi connectivity index (χ1n) is 8.90. The minimum atomic E-state index is -0.479. The second-order valence-corrected chi connectivity index (χ2v) is 7.84. The molecule has 0 spiro atoms. The molecule has 5 nitrogen and oxygen atoms in total. The van der Waals surface area contributed by atoms with Gasteiger partial charge >= 0.3 is 0 Å². The number of hydrogen-bond acceptors (Lipinski definition) is 3. The highest BCUT2D eigenvalue weighted by Crippen LogP contribution is 2.24. The lowest BCUT2D eigenvalue weighted by molar-refractivity contribution is -0.122. The van der Waals surface area contributed by atoms with E-state index in [1.54, 1.807) is 6.08 Å². The number of nitrogens with zero attached hydrogens (tertiary/aromatic N) is 2. The molecule has 0 atom stereocenters. The highest BCUT2D eigenvalue weighted by atomic mass is 32.1. The Hall–Kier alpha value is -2.73. The lowest BCUT2D eigenvalue weighted by atomic mass is 10.1. The number of nitrogens with one attached hydrogen (secondary N) is 1. The first kappa shape index (κ1) is 19.0. The van der Waals surface area contributed by atoms with Gasteiger partial charge in [0.1, 0.15) is 5.57 Å². The number of carbonyl (C=O) groups excluding carboxylic acids is 2. The summed E-state index contributed by atoms with van der Waals surface area (Å²) in [5.41, 5.74) is 2.48. The average Bonchev–Trinajstić information content (AvgIpc) is 3.08. The summed E-state index contributed by atoms with van der Waals surface area (Å²) >= 11 is 5.25. The number of benzene rings is 1. The molecule has 140 valence electrons. The average molecular weight is 382 g/mol. The molecule has 0 aliphatic carbocycles. The molecule has 2 amide bonds. The number of rotatable bonds is 3. The van der Waals surface area contributed by atoms with Crippen LogP contribution in [0.15, 0.2) is 48.2 Å². The molecule has 1 saturated heterocycles. The summed E-state index contributed by atoms with van der Waals surface area (Å²) in [4.78, 5) is 26.9. The van der Waals surface area contributed by atoms with Gasteiger partial charge in [-0.3, -0.25) is 19.8 Å². The van der Waals surface area contributed by atoms with E-state index in [-0.39, 0.29) is 16.2 Å². The summed E-state index contributed by atoms with van der Waals surface area (Å²) in [6.07, 6.45) is 4.46. The molecule has 0 radical (unpaired) electrons. The van der Waals surface area contributed by atoms with Gasteiger partial charge in [0.15, 0.2) is 5.11 Å². The third kappa shape index (κ3) is 3.71. The van der Waals surface area contributed by atoms with Crippen LogP contribution in [0.5, 0.6) is 0 Å². The summed E-state index contributed by atoms with van der Waals surface area (Å²) in [6, 6.07) is 11.4. The number of anilines is 1. The van der Waals surface area contributed by atoms with Crippen LogP contribution >= 0.6 is 12.2 Å². The van der Waals surface area contributed by atoms with Crippen LogP contribution in [0.1, 0.15) is 39.0 Å². The highest BCUT2D eigenvalue weighted by molar-refractivity contribution is 7.80. The Labute approximate surface area is 164 Å². The predicted molar refractivity (Wildman–Crippen MR) is 111 cm³/mol. The van der Waals surface area contributed by atoms with E-state index in [0.717, 1.165) is 17.7 Å². The first-order valence-corrected chi connectivity index (χ1v) is 9.31. The Morgan fingerprint density at radius 3 is 2.37 bits per heavy atom. The van der Waals surface area contributed by atoms with Gasteiger partial charge < -0.3 is 4.57 Å². The molecule has 2 heterocycles. The van der Waals surface area contributed by atoms with Gasteiger partial charge in [-0.05, 0) is 75.3 Å². The molecule has 1 fully saturated rings. The van der Waals surface area contributed by atoms with Crippen LogP contribution in [0.2, 0.25) is 0 Å². The highest BCUT2D eigenvalue weighted by Gasteiger charge is 2.34. The topological polar surface area (TPSA) is 54.3 Å². The van der Waals surface area contributed by atoms with Gasteiger partial charge in [0, 0.05) is 17.4 Å². The van der Waals surface area contributed by atoms with Crippen LogP contribution in [0.25, 0.3) is 6.08 Å². The SMILES string of the molecule is CCc1ccc(N2C(=O)/C(=C\c3cccn3C(C)(C)C)C(=O)NC2=S)cc1. The van der Waals surface area contributed by atoms with E-state index in [1.807, 2.05) is 47.2 Å². The van der Waals surface area contributed by atoms with E-state index < -0.39 is 11.8 Å². The molecule has 27 heavy (non-hydrogen) atoms.